The van der Waals surface area contributed by atoms with Crippen molar-refractivity contribution in [2.75, 3.05) is 5.75 Å². The predicted molar refractivity (Wildman–Crippen MR) is 68.2 cm³/mol. The van der Waals surface area contributed by atoms with Gasteiger partial charge in [-0.2, -0.15) is 21.6 Å². The molecule has 0 aliphatic rings. The Morgan fingerprint density at radius 2 is 1.15 bits per heavy atom. The lowest BCUT2D eigenvalue weighted by Crippen LogP contribution is -2.06. The third kappa shape index (κ3) is 14.0. The van der Waals surface area contributed by atoms with Gasteiger partial charge in [0.05, 0.1) is 5.75 Å². The Morgan fingerprint density at radius 3 is 1.55 bits per heavy atom. The summed E-state index contributed by atoms with van der Waals surface area (Å²) in [5.41, 5.74) is 0. The summed E-state index contributed by atoms with van der Waals surface area (Å²) < 4.78 is 71.1. The zero-order valence-corrected chi connectivity index (χ0v) is 12.2. The number of unbranched alkanes of at least 4 members (excludes halogenated alkanes) is 8. The van der Waals surface area contributed by atoms with Crippen LogP contribution in [0, 0.1) is 0 Å². The average molecular weight is 322 g/mol. The van der Waals surface area contributed by atoms with Crippen LogP contribution >= 0.6 is 0 Å². The van der Waals surface area contributed by atoms with E-state index in [9.17, 15) is 26.1 Å². The molecule has 0 fully saturated rings. The first-order valence-corrected chi connectivity index (χ1v) is 8.44. The summed E-state index contributed by atoms with van der Waals surface area (Å²) in [6.07, 6.45) is 1.41. The third-order valence-electron chi connectivity index (χ3n) is 2.95. The minimum atomic E-state index is -4.05. The molecule has 3 nitrogen and oxygen atoms in total. The highest BCUT2D eigenvalue weighted by Gasteiger charge is 2.25. The largest absolute Gasteiger partial charge is 0.389 e. The zero-order valence-electron chi connectivity index (χ0n) is 11.4. The summed E-state index contributed by atoms with van der Waals surface area (Å²) in [6, 6.07) is 0. The van der Waals surface area contributed by atoms with Crippen LogP contribution < -0.4 is 0 Å². The quantitative estimate of drug-likeness (QED) is 0.387. The molecule has 8 heteroatoms. The van der Waals surface area contributed by atoms with Crippen molar-refractivity contribution in [3.63, 3.8) is 0 Å². The van der Waals surface area contributed by atoms with Gasteiger partial charge in [0.2, 0.25) is 0 Å². The average Bonchev–Trinajstić information content (AvgIpc) is 2.34. The van der Waals surface area contributed by atoms with Crippen LogP contribution in [0.3, 0.4) is 0 Å². The predicted octanol–water partition coefficient (Wildman–Crippen LogP) is 4.68. The second-order valence-electron chi connectivity index (χ2n) is 4.87. The summed E-state index contributed by atoms with van der Waals surface area (Å²) >= 11 is 0. The standard InChI is InChI=1S/C12H22F4O3S/c13-12(14,15)10-8-6-4-2-1-3-5-7-9-11-20(17,18)19-16/h1-11H2. The van der Waals surface area contributed by atoms with Gasteiger partial charge < -0.3 is 0 Å². The Morgan fingerprint density at radius 1 is 0.750 bits per heavy atom. The number of rotatable bonds is 12. The molecule has 0 aliphatic carbocycles. The number of alkyl halides is 3. The van der Waals surface area contributed by atoms with Gasteiger partial charge in [0.1, 0.15) is 0 Å². The van der Waals surface area contributed by atoms with Gasteiger partial charge >= 0.3 is 6.18 Å². The summed E-state index contributed by atoms with van der Waals surface area (Å²) in [7, 11) is -4.00. The molecule has 0 N–H and O–H groups in total. The van der Waals surface area contributed by atoms with E-state index in [1.807, 2.05) is 0 Å². The maximum Gasteiger partial charge on any atom is 0.389 e. The lowest BCUT2D eigenvalue weighted by atomic mass is 10.1. The van der Waals surface area contributed by atoms with Gasteiger partial charge in [-0.1, -0.05) is 49.3 Å². The van der Waals surface area contributed by atoms with Crippen molar-refractivity contribution in [2.45, 2.75) is 70.4 Å². The molecule has 0 radical (unpaired) electrons. The monoisotopic (exact) mass is 322 g/mol. The van der Waals surface area contributed by atoms with Crippen LogP contribution in [-0.2, 0) is 14.5 Å². The van der Waals surface area contributed by atoms with Crippen LogP contribution in [0.2, 0.25) is 0 Å². The van der Waals surface area contributed by atoms with Gasteiger partial charge in [-0.25, -0.2) is 0 Å². The smallest absolute Gasteiger partial charge is 0.197 e. The van der Waals surface area contributed by atoms with E-state index in [-0.39, 0.29) is 12.2 Å². The fraction of sp³-hybridized carbons (Fsp3) is 1.00. The van der Waals surface area contributed by atoms with Crippen molar-refractivity contribution in [3.8, 4) is 0 Å². The van der Waals surface area contributed by atoms with Gasteiger partial charge in [-0.3, -0.25) is 0 Å². The molecular weight excluding hydrogens is 300 g/mol. The normalized spacial score (nSPS) is 12.8. The fourth-order valence-electron chi connectivity index (χ4n) is 1.87. The van der Waals surface area contributed by atoms with Gasteiger partial charge in [0.25, 0.3) is 10.1 Å². The Kier molecular flexibility index (Phi) is 10.2. The van der Waals surface area contributed by atoms with E-state index in [2.05, 4.69) is 4.39 Å². The molecule has 122 valence electrons. The Labute approximate surface area is 117 Å². The van der Waals surface area contributed by atoms with E-state index in [4.69, 9.17) is 0 Å². The first kappa shape index (κ1) is 19.6. The van der Waals surface area contributed by atoms with E-state index in [1.165, 1.54) is 0 Å². The number of hydrogen-bond donors (Lipinski definition) is 0. The number of hydrogen-bond acceptors (Lipinski definition) is 3. The molecule has 0 spiro atoms. The number of halogens is 4. The second kappa shape index (κ2) is 10.4. The molecule has 0 aliphatic heterocycles. The molecule has 0 saturated heterocycles. The van der Waals surface area contributed by atoms with Crippen LogP contribution in [0.4, 0.5) is 17.7 Å². The Hall–Kier alpha value is -0.370. The van der Waals surface area contributed by atoms with E-state index in [1.54, 1.807) is 0 Å². The molecule has 0 aromatic heterocycles. The van der Waals surface area contributed by atoms with Crippen molar-refractivity contribution in [1.29, 1.82) is 0 Å². The van der Waals surface area contributed by atoms with Crippen molar-refractivity contribution >= 4 is 10.1 Å². The second-order valence-corrected chi connectivity index (χ2v) is 6.52. The Bertz CT molecular complexity index is 328. The first-order chi connectivity index (χ1) is 9.27. The molecule has 0 aromatic rings. The van der Waals surface area contributed by atoms with E-state index < -0.39 is 22.7 Å². The van der Waals surface area contributed by atoms with Gasteiger partial charge in [0.15, 0.2) is 0 Å². The van der Waals surface area contributed by atoms with Gasteiger partial charge in [-0.15, -0.1) is 0 Å². The van der Waals surface area contributed by atoms with Crippen LogP contribution in [0.5, 0.6) is 0 Å². The highest BCUT2D eigenvalue weighted by atomic mass is 32.2. The van der Waals surface area contributed by atoms with Gasteiger partial charge in [-0.05, 0) is 17.4 Å². The van der Waals surface area contributed by atoms with E-state index >= 15 is 0 Å². The van der Waals surface area contributed by atoms with Crippen LogP contribution in [0.1, 0.15) is 64.2 Å². The van der Waals surface area contributed by atoms with Crippen molar-refractivity contribution < 1.29 is 30.5 Å². The molecule has 0 aromatic carbocycles. The van der Waals surface area contributed by atoms with Crippen molar-refractivity contribution in [1.82, 2.24) is 0 Å². The molecule has 0 amide bonds. The Balaban J connectivity index is 3.22. The highest BCUT2D eigenvalue weighted by Crippen LogP contribution is 2.23. The van der Waals surface area contributed by atoms with Gasteiger partial charge in [0, 0.05) is 6.42 Å². The van der Waals surface area contributed by atoms with Crippen LogP contribution in [0.25, 0.3) is 0 Å². The minimum Gasteiger partial charge on any atom is -0.197 e. The summed E-state index contributed by atoms with van der Waals surface area (Å²) in [6.45, 7) is 0. The first-order valence-electron chi connectivity index (χ1n) is 6.86. The van der Waals surface area contributed by atoms with Crippen LogP contribution in [-0.4, -0.2) is 20.3 Å². The molecular formula is C12H22F4O3S. The summed E-state index contributed by atoms with van der Waals surface area (Å²) in [5.74, 6) is -0.319. The lowest BCUT2D eigenvalue weighted by molar-refractivity contribution is -0.135. The third-order valence-corrected chi connectivity index (χ3v) is 3.93. The molecule has 0 heterocycles. The molecule has 0 unspecified atom stereocenters. The molecule has 0 bridgehead atoms. The summed E-state index contributed by atoms with van der Waals surface area (Å²) in [4.78, 5) is 0. The van der Waals surface area contributed by atoms with Crippen molar-refractivity contribution in [3.05, 3.63) is 0 Å². The highest BCUT2D eigenvalue weighted by molar-refractivity contribution is 7.86. The van der Waals surface area contributed by atoms with Crippen molar-refractivity contribution in [2.24, 2.45) is 0 Å². The summed E-state index contributed by atoms with van der Waals surface area (Å²) in [5, 5.41) is 0. The maximum absolute atomic E-state index is 11.8. The fourth-order valence-corrected chi connectivity index (χ4v) is 2.49. The van der Waals surface area contributed by atoms with E-state index in [0.717, 1.165) is 32.1 Å². The molecule has 0 saturated carbocycles. The van der Waals surface area contributed by atoms with Crippen LogP contribution in [0.15, 0.2) is 0 Å². The molecule has 20 heavy (non-hydrogen) atoms. The minimum absolute atomic E-state index is 0.185. The van der Waals surface area contributed by atoms with E-state index in [0.29, 0.717) is 19.3 Å². The maximum atomic E-state index is 11.8. The topological polar surface area (TPSA) is 43.4 Å². The zero-order chi connectivity index (χ0) is 15.5. The molecule has 0 atom stereocenters. The lowest BCUT2D eigenvalue weighted by Gasteiger charge is -2.05. The molecule has 0 rings (SSSR count). The SMILES string of the molecule is O=S(=O)(CCCCCCCCCCCC(F)(F)F)OF.